The summed E-state index contributed by atoms with van der Waals surface area (Å²) in [4.78, 5) is 26.9. The highest BCUT2D eigenvalue weighted by Crippen LogP contribution is 2.31. The molecule has 29 heavy (non-hydrogen) atoms. The van der Waals surface area contributed by atoms with Crippen LogP contribution in [0.4, 0.5) is 18.9 Å². The van der Waals surface area contributed by atoms with Gasteiger partial charge in [0.05, 0.1) is 16.5 Å². The van der Waals surface area contributed by atoms with E-state index < -0.39 is 28.6 Å². The molecule has 0 bridgehead atoms. The van der Waals surface area contributed by atoms with Gasteiger partial charge >= 0.3 is 6.18 Å². The predicted molar refractivity (Wildman–Crippen MR) is 95.3 cm³/mol. The highest BCUT2D eigenvalue weighted by molar-refractivity contribution is 5.95. The van der Waals surface area contributed by atoms with Crippen LogP contribution in [-0.4, -0.2) is 25.6 Å². The van der Waals surface area contributed by atoms with Crippen LogP contribution in [0.1, 0.15) is 34.5 Å². The monoisotopic (exact) mass is 405 g/mol. The summed E-state index contributed by atoms with van der Waals surface area (Å²) in [5.41, 5.74) is -0.838. The number of carbonyl (C=O) groups excluding carboxylic acids is 1. The lowest BCUT2D eigenvalue weighted by Gasteiger charge is -2.16. The lowest BCUT2D eigenvalue weighted by molar-refractivity contribution is -0.384. The molecule has 0 aliphatic carbocycles. The fourth-order valence-electron chi connectivity index (χ4n) is 2.68. The first-order valence-electron chi connectivity index (χ1n) is 8.28. The summed E-state index contributed by atoms with van der Waals surface area (Å²) < 4.78 is 39.8. The number of carbonyl (C=O) groups is 1. The number of hydrogen-bond donors (Lipinski definition) is 1. The van der Waals surface area contributed by atoms with Crippen molar-refractivity contribution >= 4 is 11.6 Å². The van der Waals surface area contributed by atoms with Crippen molar-refractivity contribution in [1.29, 1.82) is 0 Å². The number of nitro groups is 1. The number of aromatic nitrogens is 3. The van der Waals surface area contributed by atoms with Gasteiger partial charge in [-0.1, -0.05) is 12.1 Å². The molecule has 1 amide bonds. The fourth-order valence-corrected chi connectivity index (χ4v) is 2.68. The van der Waals surface area contributed by atoms with Crippen molar-refractivity contribution in [1.82, 2.24) is 20.1 Å². The molecule has 1 unspecified atom stereocenters. The summed E-state index contributed by atoms with van der Waals surface area (Å²) in [5.74, 6) is -0.664. The third kappa shape index (κ3) is 4.39. The first-order chi connectivity index (χ1) is 13.7. The van der Waals surface area contributed by atoms with E-state index in [2.05, 4.69) is 15.4 Å². The molecule has 0 radical (unpaired) electrons. The minimum atomic E-state index is -4.50. The van der Waals surface area contributed by atoms with E-state index in [1.165, 1.54) is 48.5 Å². The SMILES string of the molecule is CC(NC(=O)c1ccc(-n2cncn2)c([N+](=O)[O-])c1)c1cccc(C(F)(F)F)c1. The molecule has 0 aliphatic rings. The van der Waals surface area contributed by atoms with Gasteiger partial charge in [0.1, 0.15) is 18.3 Å². The van der Waals surface area contributed by atoms with Crippen LogP contribution in [0, 0.1) is 10.1 Å². The standard InChI is InChI=1S/C18H14F3N5O3/c1-11(12-3-2-4-14(7-12)18(19,20)21)24-17(27)13-5-6-15(16(8-13)26(28)29)25-10-22-9-23-25/h2-11H,1H3,(H,24,27). The van der Waals surface area contributed by atoms with E-state index in [9.17, 15) is 28.1 Å². The van der Waals surface area contributed by atoms with Crippen molar-refractivity contribution in [3.8, 4) is 5.69 Å². The first-order valence-corrected chi connectivity index (χ1v) is 8.28. The summed E-state index contributed by atoms with van der Waals surface area (Å²) in [6.07, 6.45) is -2.02. The van der Waals surface area contributed by atoms with Gasteiger partial charge in [-0.2, -0.15) is 18.3 Å². The fraction of sp³-hybridized carbons (Fsp3) is 0.167. The Labute approximate surface area is 162 Å². The molecule has 2 aromatic carbocycles. The summed E-state index contributed by atoms with van der Waals surface area (Å²) >= 11 is 0. The predicted octanol–water partition coefficient (Wildman–Crippen LogP) is 3.69. The van der Waals surface area contributed by atoms with Gasteiger partial charge in [0.25, 0.3) is 11.6 Å². The zero-order chi connectivity index (χ0) is 21.2. The summed E-state index contributed by atoms with van der Waals surface area (Å²) in [6.45, 7) is 1.52. The molecule has 3 aromatic rings. The molecule has 1 atom stereocenters. The normalized spacial score (nSPS) is 12.4. The van der Waals surface area contributed by atoms with E-state index in [0.29, 0.717) is 0 Å². The Bertz CT molecular complexity index is 1050. The third-order valence-electron chi connectivity index (χ3n) is 4.16. The van der Waals surface area contributed by atoms with Crippen LogP contribution < -0.4 is 5.32 Å². The first kappa shape index (κ1) is 20.0. The molecule has 11 heteroatoms. The van der Waals surface area contributed by atoms with Crippen LogP contribution in [0.25, 0.3) is 5.69 Å². The van der Waals surface area contributed by atoms with Crippen molar-refractivity contribution < 1.29 is 22.9 Å². The van der Waals surface area contributed by atoms with Crippen molar-refractivity contribution in [3.05, 3.63) is 81.9 Å². The number of nitro benzene ring substituents is 1. The average molecular weight is 405 g/mol. The molecular formula is C18H14F3N5O3. The van der Waals surface area contributed by atoms with Gasteiger partial charge in [0, 0.05) is 11.6 Å². The Hall–Kier alpha value is -3.76. The second-order valence-electron chi connectivity index (χ2n) is 6.12. The van der Waals surface area contributed by atoms with Crippen LogP contribution in [0.2, 0.25) is 0 Å². The quantitative estimate of drug-likeness (QED) is 0.515. The molecule has 150 valence electrons. The molecule has 0 aliphatic heterocycles. The highest BCUT2D eigenvalue weighted by Gasteiger charge is 2.31. The summed E-state index contributed by atoms with van der Waals surface area (Å²) in [6, 6.07) is 7.61. The van der Waals surface area contributed by atoms with Crippen molar-refractivity contribution in [2.45, 2.75) is 19.1 Å². The van der Waals surface area contributed by atoms with Crippen LogP contribution in [0.15, 0.2) is 55.1 Å². The van der Waals surface area contributed by atoms with Gasteiger partial charge in [0.2, 0.25) is 0 Å². The summed E-state index contributed by atoms with van der Waals surface area (Å²) in [7, 11) is 0. The van der Waals surface area contributed by atoms with Gasteiger partial charge in [-0.15, -0.1) is 0 Å². The van der Waals surface area contributed by atoms with E-state index in [0.717, 1.165) is 18.2 Å². The van der Waals surface area contributed by atoms with Crippen molar-refractivity contribution in [2.24, 2.45) is 0 Å². The van der Waals surface area contributed by atoms with Crippen molar-refractivity contribution in [2.75, 3.05) is 0 Å². The zero-order valence-electron chi connectivity index (χ0n) is 14.9. The number of hydrogen-bond acceptors (Lipinski definition) is 5. The van der Waals surface area contributed by atoms with E-state index in [-0.39, 0.29) is 22.5 Å². The Morgan fingerprint density at radius 3 is 2.62 bits per heavy atom. The van der Waals surface area contributed by atoms with Gasteiger partial charge in [-0.3, -0.25) is 14.9 Å². The Morgan fingerprint density at radius 1 is 1.24 bits per heavy atom. The largest absolute Gasteiger partial charge is 0.416 e. The smallest absolute Gasteiger partial charge is 0.346 e. The van der Waals surface area contributed by atoms with Gasteiger partial charge in [-0.05, 0) is 36.8 Å². The van der Waals surface area contributed by atoms with Crippen LogP contribution >= 0.6 is 0 Å². The number of nitrogens with zero attached hydrogens (tertiary/aromatic N) is 4. The molecule has 0 fully saturated rings. The lowest BCUT2D eigenvalue weighted by atomic mass is 10.0. The van der Waals surface area contributed by atoms with E-state index >= 15 is 0 Å². The van der Waals surface area contributed by atoms with Gasteiger partial charge < -0.3 is 5.32 Å². The average Bonchev–Trinajstić information content (AvgIpc) is 3.21. The molecule has 8 nitrogen and oxygen atoms in total. The molecule has 0 saturated heterocycles. The maximum atomic E-state index is 12.9. The van der Waals surface area contributed by atoms with Crippen molar-refractivity contribution in [3.63, 3.8) is 0 Å². The molecule has 1 heterocycles. The minimum Gasteiger partial charge on any atom is -0.346 e. The lowest BCUT2D eigenvalue weighted by Crippen LogP contribution is -2.27. The maximum Gasteiger partial charge on any atom is 0.416 e. The molecular weight excluding hydrogens is 391 g/mol. The van der Waals surface area contributed by atoms with Crippen LogP contribution in [0.3, 0.4) is 0 Å². The minimum absolute atomic E-state index is 0.0145. The molecule has 1 aromatic heterocycles. The highest BCUT2D eigenvalue weighted by atomic mass is 19.4. The Morgan fingerprint density at radius 2 is 2.00 bits per heavy atom. The molecule has 0 spiro atoms. The van der Waals surface area contributed by atoms with Gasteiger partial charge in [-0.25, -0.2) is 9.67 Å². The topological polar surface area (TPSA) is 103 Å². The van der Waals surface area contributed by atoms with E-state index in [4.69, 9.17) is 0 Å². The van der Waals surface area contributed by atoms with E-state index in [1.807, 2.05) is 0 Å². The number of rotatable bonds is 5. The second kappa shape index (κ2) is 7.70. The van der Waals surface area contributed by atoms with Crippen LogP contribution in [-0.2, 0) is 6.18 Å². The number of nitrogens with one attached hydrogen (secondary N) is 1. The number of alkyl halides is 3. The summed E-state index contributed by atoms with van der Waals surface area (Å²) in [5, 5.41) is 17.7. The second-order valence-corrected chi connectivity index (χ2v) is 6.12. The Balaban J connectivity index is 1.84. The molecule has 3 rings (SSSR count). The molecule has 0 saturated carbocycles. The van der Waals surface area contributed by atoms with Gasteiger partial charge in [0.15, 0.2) is 0 Å². The number of benzene rings is 2. The van der Waals surface area contributed by atoms with Crippen LogP contribution in [0.5, 0.6) is 0 Å². The third-order valence-corrected chi connectivity index (χ3v) is 4.16. The Kier molecular flexibility index (Phi) is 5.31. The number of halogens is 3. The zero-order valence-corrected chi connectivity index (χ0v) is 14.9. The van der Waals surface area contributed by atoms with E-state index in [1.54, 1.807) is 0 Å². The maximum absolute atomic E-state index is 12.9. The molecule has 1 N–H and O–H groups in total. The number of amides is 1.